The molecule has 3 N–H and O–H groups in total. The van der Waals surface area contributed by atoms with Crippen molar-refractivity contribution in [2.75, 3.05) is 18.2 Å². The van der Waals surface area contributed by atoms with Crippen LogP contribution < -0.4 is 15.5 Å². The summed E-state index contributed by atoms with van der Waals surface area (Å²) in [5.74, 6) is 0.467. The average Bonchev–Trinajstić information content (AvgIpc) is 2.67. The number of hydrogen-bond donors (Lipinski definition) is 3. The summed E-state index contributed by atoms with van der Waals surface area (Å²) >= 11 is 6.60. The minimum atomic E-state index is -0.836. The second kappa shape index (κ2) is 10.7. The number of carboxylic acid groups (broad SMARTS) is 1. The molecule has 0 fully saturated rings. The molecule has 0 unspecified atom stereocenters. The van der Waals surface area contributed by atoms with Crippen molar-refractivity contribution >= 4 is 46.5 Å². The molecule has 2 rings (SSSR count). The van der Waals surface area contributed by atoms with Crippen LogP contribution in [0.15, 0.2) is 47.6 Å². The van der Waals surface area contributed by atoms with Gasteiger partial charge < -0.3 is 15.2 Å². The highest BCUT2D eigenvalue weighted by Gasteiger charge is 2.08. The fourth-order valence-electron chi connectivity index (χ4n) is 2.36. The Morgan fingerprint density at radius 3 is 2.61 bits per heavy atom. The third-order valence-electron chi connectivity index (χ3n) is 3.82. The number of thiocarbonyl (C=S) groups is 1. The SMILES string of the molecule is COc1ccc(/C(C)=N\NC(=S)Nc2ccc(C)cc2)cc1CSCC(=O)O. The predicted molar refractivity (Wildman–Crippen MR) is 120 cm³/mol. The number of carboxylic acids is 1. The lowest BCUT2D eigenvalue weighted by Crippen LogP contribution is -2.25. The Kier molecular flexibility index (Phi) is 8.28. The normalized spacial score (nSPS) is 11.0. The van der Waals surface area contributed by atoms with Gasteiger partial charge in [-0.1, -0.05) is 17.7 Å². The van der Waals surface area contributed by atoms with Gasteiger partial charge in [-0.3, -0.25) is 10.2 Å². The number of aryl methyl sites for hydroxylation is 1. The van der Waals surface area contributed by atoms with Gasteiger partial charge in [0.2, 0.25) is 0 Å². The Bertz CT molecular complexity index is 867. The number of methoxy groups -OCH3 is 1. The first-order valence-corrected chi connectivity index (χ1v) is 10.1. The predicted octanol–water partition coefficient (Wildman–Crippen LogP) is 4.03. The molecule has 2 aromatic carbocycles. The molecule has 6 nitrogen and oxygen atoms in total. The van der Waals surface area contributed by atoms with Crippen molar-refractivity contribution in [2.24, 2.45) is 5.10 Å². The number of benzene rings is 2. The fourth-order valence-corrected chi connectivity index (χ4v) is 3.25. The lowest BCUT2D eigenvalue weighted by atomic mass is 10.1. The summed E-state index contributed by atoms with van der Waals surface area (Å²) in [5.41, 5.74) is 7.48. The first-order chi connectivity index (χ1) is 13.4. The van der Waals surface area contributed by atoms with Gasteiger partial charge in [-0.2, -0.15) is 5.10 Å². The van der Waals surface area contributed by atoms with E-state index in [4.69, 9.17) is 22.1 Å². The van der Waals surface area contributed by atoms with Crippen LogP contribution in [0.3, 0.4) is 0 Å². The van der Waals surface area contributed by atoms with Crippen LogP contribution in [0.2, 0.25) is 0 Å². The van der Waals surface area contributed by atoms with Crippen LogP contribution in [-0.4, -0.2) is 34.8 Å². The van der Waals surface area contributed by atoms with E-state index < -0.39 is 5.97 Å². The van der Waals surface area contributed by atoms with E-state index in [0.717, 1.165) is 28.3 Å². The van der Waals surface area contributed by atoms with Gasteiger partial charge in [-0.25, -0.2) is 0 Å². The molecule has 0 aromatic heterocycles. The molecule has 0 spiro atoms. The Morgan fingerprint density at radius 2 is 1.96 bits per heavy atom. The number of thioether (sulfide) groups is 1. The molecule has 8 heteroatoms. The maximum Gasteiger partial charge on any atom is 0.313 e. The van der Waals surface area contributed by atoms with Gasteiger partial charge >= 0.3 is 5.97 Å². The summed E-state index contributed by atoms with van der Waals surface area (Å²) < 4.78 is 5.36. The molecule has 0 aliphatic rings. The standard InChI is InChI=1S/C20H23N3O3S2/c1-13-4-7-17(8-5-13)21-20(27)23-22-14(2)15-6-9-18(26-3)16(10-15)11-28-12-19(24)25/h4-10H,11-12H2,1-3H3,(H,24,25)(H2,21,23,27)/b22-14-. The molecule has 0 atom stereocenters. The smallest absolute Gasteiger partial charge is 0.313 e. The molecular formula is C20H23N3O3S2. The molecule has 0 radical (unpaired) electrons. The van der Waals surface area contributed by atoms with Crippen molar-refractivity contribution in [3.8, 4) is 5.75 Å². The monoisotopic (exact) mass is 417 g/mol. The summed E-state index contributed by atoms with van der Waals surface area (Å²) in [6, 6.07) is 13.6. The van der Waals surface area contributed by atoms with E-state index in [-0.39, 0.29) is 5.75 Å². The molecule has 2 aromatic rings. The number of nitrogens with one attached hydrogen (secondary N) is 2. The van der Waals surface area contributed by atoms with E-state index in [1.807, 2.05) is 56.3 Å². The zero-order valence-electron chi connectivity index (χ0n) is 16.0. The average molecular weight is 418 g/mol. The molecule has 0 aliphatic carbocycles. The van der Waals surface area contributed by atoms with E-state index >= 15 is 0 Å². The van der Waals surface area contributed by atoms with Crippen LogP contribution in [0.4, 0.5) is 5.69 Å². The van der Waals surface area contributed by atoms with Crippen molar-refractivity contribution in [1.29, 1.82) is 0 Å². The van der Waals surface area contributed by atoms with E-state index in [1.54, 1.807) is 7.11 Å². The molecule has 0 heterocycles. The third kappa shape index (κ3) is 6.86. The van der Waals surface area contributed by atoms with Crippen LogP contribution in [-0.2, 0) is 10.5 Å². The molecule has 0 aliphatic heterocycles. The number of hydrogen-bond acceptors (Lipinski definition) is 5. The Balaban J connectivity index is 2.02. The molecule has 0 bridgehead atoms. The number of hydrazone groups is 1. The van der Waals surface area contributed by atoms with Gasteiger partial charge in [-0.15, -0.1) is 11.8 Å². The number of anilines is 1. The Labute approximate surface area is 174 Å². The Hall–Kier alpha value is -2.58. The van der Waals surface area contributed by atoms with E-state index in [2.05, 4.69) is 15.8 Å². The van der Waals surface area contributed by atoms with Crippen molar-refractivity contribution < 1.29 is 14.6 Å². The van der Waals surface area contributed by atoms with Gasteiger partial charge in [0.1, 0.15) is 5.75 Å². The van der Waals surface area contributed by atoms with Crippen LogP contribution >= 0.6 is 24.0 Å². The number of carbonyl (C=O) groups is 1. The molecule has 0 saturated carbocycles. The molecule has 28 heavy (non-hydrogen) atoms. The maximum absolute atomic E-state index is 10.7. The van der Waals surface area contributed by atoms with Crippen LogP contribution in [0, 0.1) is 6.92 Å². The maximum atomic E-state index is 10.7. The topological polar surface area (TPSA) is 83.0 Å². The highest BCUT2D eigenvalue weighted by Crippen LogP contribution is 2.25. The Morgan fingerprint density at radius 1 is 1.25 bits per heavy atom. The summed E-state index contributed by atoms with van der Waals surface area (Å²) in [6.45, 7) is 3.90. The lowest BCUT2D eigenvalue weighted by molar-refractivity contribution is -0.133. The van der Waals surface area contributed by atoms with Crippen molar-refractivity contribution in [3.05, 3.63) is 59.2 Å². The second-order valence-corrected chi connectivity index (χ2v) is 7.44. The summed E-state index contributed by atoms with van der Waals surface area (Å²) in [6.07, 6.45) is 0. The fraction of sp³-hybridized carbons (Fsp3) is 0.250. The van der Waals surface area contributed by atoms with Crippen molar-refractivity contribution in [2.45, 2.75) is 19.6 Å². The minimum Gasteiger partial charge on any atom is -0.496 e. The van der Waals surface area contributed by atoms with Gasteiger partial charge in [0.05, 0.1) is 18.6 Å². The van der Waals surface area contributed by atoms with Crippen LogP contribution in [0.1, 0.15) is 23.6 Å². The summed E-state index contributed by atoms with van der Waals surface area (Å²) in [5, 5.41) is 16.6. The summed E-state index contributed by atoms with van der Waals surface area (Å²) in [7, 11) is 1.60. The van der Waals surface area contributed by atoms with E-state index in [0.29, 0.717) is 10.9 Å². The van der Waals surface area contributed by atoms with E-state index in [1.165, 1.54) is 17.3 Å². The molecule has 0 amide bonds. The van der Waals surface area contributed by atoms with Gasteiger partial charge in [-0.05, 0) is 62.0 Å². The van der Waals surface area contributed by atoms with Gasteiger partial charge in [0, 0.05) is 17.0 Å². The van der Waals surface area contributed by atoms with Gasteiger partial charge in [0.15, 0.2) is 5.11 Å². The van der Waals surface area contributed by atoms with Crippen LogP contribution in [0.5, 0.6) is 5.75 Å². The van der Waals surface area contributed by atoms with Crippen LogP contribution in [0.25, 0.3) is 0 Å². The largest absolute Gasteiger partial charge is 0.496 e. The zero-order valence-corrected chi connectivity index (χ0v) is 17.6. The quantitative estimate of drug-likeness (QED) is 0.340. The molecule has 148 valence electrons. The number of aliphatic carboxylic acids is 1. The van der Waals surface area contributed by atoms with Crippen molar-refractivity contribution in [1.82, 2.24) is 5.43 Å². The molecular weight excluding hydrogens is 394 g/mol. The number of nitrogens with zero attached hydrogens (tertiary/aromatic N) is 1. The number of ether oxygens (including phenoxy) is 1. The highest BCUT2D eigenvalue weighted by atomic mass is 32.2. The number of rotatable bonds is 8. The first-order valence-electron chi connectivity index (χ1n) is 8.54. The zero-order chi connectivity index (χ0) is 20.5. The minimum absolute atomic E-state index is 0.0426. The van der Waals surface area contributed by atoms with E-state index in [9.17, 15) is 4.79 Å². The lowest BCUT2D eigenvalue weighted by Gasteiger charge is -2.11. The molecule has 0 saturated heterocycles. The van der Waals surface area contributed by atoms with Crippen molar-refractivity contribution in [3.63, 3.8) is 0 Å². The first kappa shape index (κ1) is 21.7. The summed E-state index contributed by atoms with van der Waals surface area (Å²) in [4.78, 5) is 10.7. The highest BCUT2D eigenvalue weighted by molar-refractivity contribution is 7.99. The third-order valence-corrected chi connectivity index (χ3v) is 4.98. The van der Waals surface area contributed by atoms with Gasteiger partial charge in [0.25, 0.3) is 0 Å². The second-order valence-electron chi connectivity index (χ2n) is 6.04.